The largest absolute Gasteiger partial charge is 0.573 e. The zero-order chi connectivity index (χ0) is 29.3. The molecule has 0 radical (unpaired) electrons. The molecule has 2 rings (SSSR count). The number of benzene rings is 2. The van der Waals surface area contributed by atoms with Gasteiger partial charge in [0.05, 0.1) is 6.42 Å². The maximum atomic E-state index is 12.9. The van der Waals surface area contributed by atoms with Crippen molar-refractivity contribution in [2.75, 3.05) is 13.1 Å². The fourth-order valence-electron chi connectivity index (χ4n) is 3.82. The van der Waals surface area contributed by atoms with E-state index in [1.807, 2.05) is 0 Å². The molecule has 2 aromatic carbocycles. The fourth-order valence-corrected chi connectivity index (χ4v) is 3.82. The van der Waals surface area contributed by atoms with Gasteiger partial charge in [0.2, 0.25) is 0 Å². The van der Waals surface area contributed by atoms with E-state index >= 15 is 0 Å². The number of hydrogen-bond donors (Lipinski definition) is 2. The van der Waals surface area contributed by atoms with Crippen molar-refractivity contribution in [3.8, 4) is 11.5 Å². The van der Waals surface area contributed by atoms with Crippen LogP contribution in [0.1, 0.15) is 24.0 Å². The summed E-state index contributed by atoms with van der Waals surface area (Å²) in [7, 11) is 0. The van der Waals surface area contributed by atoms with Gasteiger partial charge in [0.25, 0.3) is 0 Å². The maximum Gasteiger partial charge on any atom is 0.573 e. The summed E-state index contributed by atoms with van der Waals surface area (Å²) in [6.45, 7) is 2.57. The Balaban J connectivity index is 2.72. The van der Waals surface area contributed by atoms with Gasteiger partial charge in [-0.25, -0.2) is 0 Å². The minimum atomic E-state index is -5.05. The molecule has 0 saturated carbocycles. The molecule has 0 bridgehead atoms. The third kappa shape index (κ3) is 11.0. The van der Waals surface area contributed by atoms with E-state index in [-0.39, 0.29) is 29.8 Å². The van der Waals surface area contributed by atoms with E-state index in [0.717, 1.165) is 24.3 Å². The first-order valence-corrected chi connectivity index (χ1v) is 11.3. The lowest BCUT2D eigenvalue weighted by molar-refractivity contribution is -0.275. The molecular formula is C26H25F9N2O2. The molecule has 0 heterocycles. The van der Waals surface area contributed by atoms with E-state index in [4.69, 9.17) is 5.73 Å². The summed E-state index contributed by atoms with van der Waals surface area (Å²) >= 11 is 0. The monoisotopic (exact) mass is 568 g/mol. The highest BCUT2D eigenvalue weighted by molar-refractivity contribution is 5.47. The predicted octanol–water partition coefficient (Wildman–Crippen LogP) is 7.29. The summed E-state index contributed by atoms with van der Waals surface area (Å²) in [6.07, 6.45) is -10.2. The molecule has 39 heavy (non-hydrogen) atoms. The topological polar surface area (TPSA) is 56.5 Å². The third-order valence-electron chi connectivity index (χ3n) is 5.32. The molecule has 3 N–H and O–H groups in total. The molecule has 0 aromatic heterocycles. The van der Waals surface area contributed by atoms with Crippen LogP contribution in [-0.4, -0.2) is 32.0 Å². The molecule has 13 heteroatoms. The highest BCUT2D eigenvalue weighted by atomic mass is 19.4. The Labute approximate surface area is 218 Å². The smallest absolute Gasteiger partial charge is 0.406 e. The zero-order valence-corrected chi connectivity index (χ0v) is 20.3. The molecule has 0 atom stereocenters. The lowest BCUT2D eigenvalue weighted by Gasteiger charge is -2.36. The molecule has 214 valence electrons. The molecule has 0 aliphatic rings. The molecule has 0 aliphatic heterocycles. The molecule has 0 saturated heterocycles. The van der Waals surface area contributed by atoms with Gasteiger partial charge in [-0.1, -0.05) is 49.1 Å². The minimum Gasteiger partial charge on any atom is -0.406 e. The van der Waals surface area contributed by atoms with Gasteiger partial charge in [-0.05, 0) is 41.5 Å². The SMILES string of the molecule is C=C/C=C\C=C(/N)CC(CNCCC(F)(F)F)(c1cccc(OC(F)(F)F)c1)c1cccc(OC(F)(F)F)c1. The average Bonchev–Trinajstić information content (AvgIpc) is 2.79. The van der Waals surface area contributed by atoms with Gasteiger partial charge >= 0.3 is 18.9 Å². The second-order valence-corrected chi connectivity index (χ2v) is 8.31. The molecule has 0 unspecified atom stereocenters. The van der Waals surface area contributed by atoms with Crippen molar-refractivity contribution in [3.05, 3.63) is 96.2 Å². The fraction of sp³-hybridized carbons (Fsp3) is 0.308. The molecule has 2 aromatic rings. The van der Waals surface area contributed by atoms with Crippen LogP contribution in [0.25, 0.3) is 0 Å². The van der Waals surface area contributed by atoms with Crippen molar-refractivity contribution in [1.82, 2.24) is 5.32 Å². The first kappa shape index (κ1) is 31.6. The number of nitrogens with one attached hydrogen (secondary N) is 1. The first-order valence-electron chi connectivity index (χ1n) is 11.3. The van der Waals surface area contributed by atoms with E-state index in [0.29, 0.717) is 0 Å². The third-order valence-corrected chi connectivity index (χ3v) is 5.32. The van der Waals surface area contributed by atoms with Crippen LogP contribution >= 0.6 is 0 Å². The summed E-state index contributed by atoms with van der Waals surface area (Å²) in [5.74, 6) is -1.28. The van der Waals surface area contributed by atoms with Crippen LogP contribution in [0.15, 0.2) is 85.1 Å². The highest BCUT2D eigenvalue weighted by Gasteiger charge is 2.38. The van der Waals surface area contributed by atoms with E-state index < -0.39 is 48.8 Å². The average molecular weight is 568 g/mol. The van der Waals surface area contributed by atoms with Crippen LogP contribution in [0.3, 0.4) is 0 Å². The van der Waals surface area contributed by atoms with Crippen molar-refractivity contribution in [3.63, 3.8) is 0 Å². The Hall–Kier alpha value is -3.61. The second-order valence-electron chi connectivity index (χ2n) is 8.31. The molecule has 0 fully saturated rings. The number of nitrogens with two attached hydrogens (primary N) is 1. The van der Waals surface area contributed by atoms with Crippen molar-refractivity contribution in [2.45, 2.75) is 37.2 Å². The number of hydrogen-bond acceptors (Lipinski definition) is 4. The van der Waals surface area contributed by atoms with Crippen LogP contribution in [0.2, 0.25) is 0 Å². The van der Waals surface area contributed by atoms with Crippen molar-refractivity contribution in [1.29, 1.82) is 0 Å². The van der Waals surface area contributed by atoms with Crippen molar-refractivity contribution >= 4 is 0 Å². The summed E-state index contributed by atoms with van der Waals surface area (Å²) < 4.78 is 124. The van der Waals surface area contributed by atoms with Crippen molar-refractivity contribution < 1.29 is 49.0 Å². The Morgan fingerprint density at radius 3 is 1.77 bits per heavy atom. The van der Waals surface area contributed by atoms with Crippen LogP contribution in [0.4, 0.5) is 39.5 Å². The Bertz CT molecular complexity index is 1090. The summed E-state index contributed by atoms with van der Waals surface area (Å²) in [5, 5.41) is 2.62. The number of alkyl halides is 9. The second kappa shape index (κ2) is 13.0. The maximum absolute atomic E-state index is 12.9. The van der Waals surface area contributed by atoms with Gasteiger partial charge in [-0.2, -0.15) is 13.2 Å². The van der Waals surface area contributed by atoms with Gasteiger partial charge in [-0.3, -0.25) is 0 Å². The van der Waals surface area contributed by atoms with Gasteiger partial charge in [0, 0.05) is 30.6 Å². The van der Waals surface area contributed by atoms with Gasteiger partial charge in [0.15, 0.2) is 0 Å². The molecular weight excluding hydrogens is 543 g/mol. The predicted molar refractivity (Wildman–Crippen MR) is 127 cm³/mol. The Morgan fingerprint density at radius 2 is 1.33 bits per heavy atom. The van der Waals surface area contributed by atoms with E-state index in [2.05, 4.69) is 21.4 Å². The lowest BCUT2D eigenvalue weighted by Crippen LogP contribution is -2.41. The Kier molecular flexibility index (Phi) is 10.5. The minimum absolute atomic E-state index is 0.0805. The van der Waals surface area contributed by atoms with Crippen molar-refractivity contribution in [2.24, 2.45) is 5.73 Å². The van der Waals surface area contributed by atoms with Crippen LogP contribution in [0, 0.1) is 0 Å². The number of rotatable bonds is 12. The van der Waals surface area contributed by atoms with Gasteiger partial charge in [0.1, 0.15) is 11.5 Å². The van der Waals surface area contributed by atoms with E-state index in [9.17, 15) is 39.5 Å². The summed E-state index contributed by atoms with van der Waals surface area (Å²) in [4.78, 5) is 0. The van der Waals surface area contributed by atoms with Crippen LogP contribution in [-0.2, 0) is 5.41 Å². The number of allylic oxidation sites excluding steroid dienone is 5. The molecule has 0 aliphatic carbocycles. The zero-order valence-electron chi connectivity index (χ0n) is 20.3. The quantitative estimate of drug-likeness (QED) is 0.161. The van der Waals surface area contributed by atoms with Gasteiger partial charge in [-0.15, -0.1) is 26.3 Å². The Morgan fingerprint density at radius 1 is 0.821 bits per heavy atom. The standard InChI is InChI=1S/C26H25F9N2O2/c1-2-3-4-9-20(36)16-23(17-37-13-12-24(27,28)29,18-7-5-10-21(14-18)38-25(30,31)32)19-8-6-11-22(15-19)39-26(33,34)35/h2-11,14-15,37H,1,12-13,16-17,36H2/b4-3-,20-9-. The van der Waals surface area contributed by atoms with E-state index in [1.54, 1.807) is 0 Å². The van der Waals surface area contributed by atoms with Gasteiger partial charge < -0.3 is 20.5 Å². The molecule has 0 spiro atoms. The van der Waals surface area contributed by atoms with Crippen LogP contribution in [0.5, 0.6) is 11.5 Å². The number of ether oxygens (including phenoxy) is 2. The van der Waals surface area contributed by atoms with E-state index in [1.165, 1.54) is 48.6 Å². The molecule has 0 amide bonds. The van der Waals surface area contributed by atoms with Crippen LogP contribution < -0.4 is 20.5 Å². The molecule has 4 nitrogen and oxygen atoms in total. The lowest BCUT2D eigenvalue weighted by atomic mass is 9.71. The first-order chi connectivity index (χ1) is 18.0. The number of halogens is 9. The summed E-state index contributed by atoms with van der Waals surface area (Å²) in [5.41, 5.74) is 4.89. The highest BCUT2D eigenvalue weighted by Crippen LogP contribution is 2.41. The normalized spacial score (nSPS) is 13.5. The summed E-state index contributed by atoms with van der Waals surface area (Å²) in [6, 6.07) is 9.20.